The number of nitrogens with zero attached hydrogens (tertiary/aromatic N) is 3. The summed E-state index contributed by atoms with van der Waals surface area (Å²) in [5.74, 6) is 0.450. The average Bonchev–Trinajstić information content (AvgIpc) is 2.74. The molecule has 0 atom stereocenters. The van der Waals surface area contributed by atoms with E-state index >= 15 is 0 Å². The number of H-pyrrole nitrogens is 1. The number of hydrogen-bond acceptors (Lipinski definition) is 5. The lowest BCUT2D eigenvalue weighted by atomic mass is 9.94. The SMILES string of the molecule is NC1CCC(Oc2ccc3n[nH]c(=O)n3n2)CC1. The maximum absolute atomic E-state index is 11.4. The standard InChI is InChI=1S/C11H15N5O2/c12-7-1-3-8(4-2-7)18-10-6-5-9-13-14-11(17)16(9)15-10/h5-8H,1-4,12H2,(H,14,17). The van der Waals surface area contributed by atoms with Crippen molar-refractivity contribution in [3.8, 4) is 5.88 Å². The van der Waals surface area contributed by atoms with Crippen molar-refractivity contribution in [2.45, 2.75) is 37.8 Å². The maximum atomic E-state index is 11.4. The molecule has 1 aliphatic rings. The summed E-state index contributed by atoms with van der Waals surface area (Å²) < 4.78 is 6.97. The normalized spacial score (nSPS) is 24.3. The number of fused-ring (bicyclic) bond motifs is 1. The number of aromatic nitrogens is 4. The zero-order chi connectivity index (χ0) is 12.5. The first-order chi connectivity index (χ1) is 8.72. The van der Waals surface area contributed by atoms with E-state index in [1.807, 2.05) is 0 Å². The fraction of sp³-hybridized carbons (Fsp3) is 0.545. The van der Waals surface area contributed by atoms with Crippen LogP contribution in [0.1, 0.15) is 25.7 Å². The highest BCUT2D eigenvalue weighted by atomic mass is 16.5. The summed E-state index contributed by atoms with van der Waals surface area (Å²) >= 11 is 0. The van der Waals surface area contributed by atoms with Crippen LogP contribution in [-0.2, 0) is 0 Å². The highest BCUT2D eigenvalue weighted by molar-refractivity contribution is 5.35. The predicted molar refractivity (Wildman–Crippen MR) is 64.5 cm³/mol. The van der Waals surface area contributed by atoms with Gasteiger partial charge >= 0.3 is 5.69 Å². The van der Waals surface area contributed by atoms with Gasteiger partial charge < -0.3 is 10.5 Å². The van der Waals surface area contributed by atoms with E-state index in [1.165, 1.54) is 4.52 Å². The number of rotatable bonds is 2. The van der Waals surface area contributed by atoms with Crippen molar-refractivity contribution < 1.29 is 4.74 Å². The Kier molecular flexibility index (Phi) is 2.75. The zero-order valence-corrected chi connectivity index (χ0v) is 9.87. The molecule has 7 heteroatoms. The van der Waals surface area contributed by atoms with Gasteiger partial charge in [0, 0.05) is 12.1 Å². The third kappa shape index (κ3) is 2.08. The molecule has 3 rings (SSSR count). The fourth-order valence-corrected chi connectivity index (χ4v) is 2.23. The second kappa shape index (κ2) is 4.41. The molecule has 2 aromatic rings. The highest BCUT2D eigenvalue weighted by Gasteiger charge is 2.20. The van der Waals surface area contributed by atoms with Gasteiger partial charge in [-0.2, -0.15) is 9.61 Å². The molecular weight excluding hydrogens is 234 g/mol. The first-order valence-electron chi connectivity index (χ1n) is 6.09. The molecule has 2 aromatic heterocycles. The molecule has 0 bridgehead atoms. The van der Waals surface area contributed by atoms with E-state index in [-0.39, 0.29) is 17.8 Å². The monoisotopic (exact) mass is 249 g/mol. The van der Waals surface area contributed by atoms with Gasteiger partial charge in [-0.05, 0) is 31.7 Å². The molecule has 0 aliphatic heterocycles. The average molecular weight is 249 g/mol. The molecule has 0 spiro atoms. The van der Waals surface area contributed by atoms with E-state index in [2.05, 4.69) is 15.3 Å². The van der Waals surface area contributed by atoms with E-state index < -0.39 is 0 Å². The molecule has 18 heavy (non-hydrogen) atoms. The molecule has 1 fully saturated rings. The third-order valence-corrected chi connectivity index (χ3v) is 3.26. The first kappa shape index (κ1) is 11.2. The Morgan fingerprint density at radius 3 is 2.89 bits per heavy atom. The molecule has 3 N–H and O–H groups in total. The Bertz CT molecular complexity index is 597. The van der Waals surface area contributed by atoms with Gasteiger partial charge in [-0.15, -0.1) is 5.10 Å². The Labute approximate surface area is 103 Å². The number of hydrogen-bond donors (Lipinski definition) is 2. The van der Waals surface area contributed by atoms with E-state index in [0.29, 0.717) is 11.5 Å². The highest BCUT2D eigenvalue weighted by Crippen LogP contribution is 2.21. The molecule has 0 saturated heterocycles. The van der Waals surface area contributed by atoms with Gasteiger partial charge in [-0.3, -0.25) is 0 Å². The summed E-state index contributed by atoms with van der Waals surface area (Å²) in [6.07, 6.45) is 3.94. The molecule has 1 saturated carbocycles. The molecule has 0 radical (unpaired) electrons. The second-order valence-corrected chi connectivity index (χ2v) is 4.62. The van der Waals surface area contributed by atoms with Crippen LogP contribution in [0, 0.1) is 0 Å². The van der Waals surface area contributed by atoms with Crippen LogP contribution in [0.5, 0.6) is 5.88 Å². The number of aromatic amines is 1. The molecular formula is C11H15N5O2. The van der Waals surface area contributed by atoms with Crippen molar-refractivity contribution in [1.82, 2.24) is 19.8 Å². The molecule has 0 aromatic carbocycles. The van der Waals surface area contributed by atoms with Gasteiger partial charge in [-0.1, -0.05) is 0 Å². The van der Waals surface area contributed by atoms with Crippen molar-refractivity contribution in [2.75, 3.05) is 0 Å². The van der Waals surface area contributed by atoms with Crippen LogP contribution >= 0.6 is 0 Å². The lowest BCUT2D eigenvalue weighted by molar-refractivity contribution is 0.139. The minimum atomic E-state index is -0.360. The lowest BCUT2D eigenvalue weighted by Crippen LogP contribution is -2.32. The minimum absolute atomic E-state index is 0.136. The van der Waals surface area contributed by atoms with E-state index in [1.54, 1.807) is 12.1 Å². The van der Waals surface area contributed by atoms with E-state index in [0.717, 1.165) is 25.7 Å². The number of ether oxygens (including phenoxy) is 1. The van der Waals surface area contributed by atoms with Crippen LogP contribution in [0.15, 0.2) is 16.9 Å². The number of nitrogens with two attached hydrogens (primary N) is 1. The molecule has 7 nitrogen and oxygen atoms in total. The van der Waals surface area contributed by atoms with Gasteiger partial charge in [-0.25, -0.2) is 9.89 Å². The largest absolute Gasteiger partial charge is 0.473 e. The Balaban J connectivity index is 1.78. The van der Waals surface area contributed by atoms with Crippen LogP contribution in [0.3, 0.4) is 0 Å². The van der Waals surface area contributed by atoms with Crippen molar-refractivity contribution in [3.05, 3.63) is 22.6 Å². The molecule has 0 unspecified atom stereocenters. The summed E-state index contributed by atoms with van der Waals surface area (Å²) in [7, 11) is 0. The van der Waals surface area contributed by atoms with Crippen LogP contribution < -0.4 is 16.2 Å². The quantitative estimate of drug-likeness (QED) is 0.784. The molecule has 96 valence electrons. The van der Waals surface area contributed by atoms with Gasteiger partial charge in [0.25, 0.3) is 0 Å². The smallest absolute Gasteiger partial charge is 0.364 e. The zero-order valence-electron chi connectivity index (χ0n) is 9.87. The summed E-state index contributed by atoms with van der Waals surface area (Å²) in [5.41, 5.74) is 5.97. The third-order valence-electron chi connectivity index (χ3n) is 3.26. The van der Waals surface area contributed by atoms with Gasteiger partial charge in [0.05, 0.1) is 0 Å². The predicted octanol–water partition coefficient (Wildman–Crippen LogP) is 0.0663. The Morgan fingerprint density at radius 2 is 2.11 bits per heavy atom. The maximum Gasteiger partial charge on any atom is 0.364 e. The van der Waals surface area contributed by atoms with Crippen molar-refractivity contribution in [2.24, 2.45) is 5.73 Å². The molecule has 0 amide bonds. The second-order valence-electron chi connectivity index (χ2n) is 4.62. The van der Waals surface area contributed by atoms with Crippen molar-refractivity contribution in [3.63, 3.8) is 0 Å². The van der Waals surface area contributed by atoms with Crippen molar-refractivity contribution in [1.29, 1.82) is 0 Å². The van der Waals surface area contributed by atoms with E-state index in [9.17, 15) is 4.79 Å². The summed E-state index contributed by atoms with van der Waals surface area (Å²) in [4.78, 5) is 11.4. The number of nitrogens with one attached hydrogen (secondary N) is 1. The summed E-state index contributed by atoms with van der Waals surface area (Å²) in [6, 6.07) is 3.72. The lowest BCUT2D eigenvalue weighted by Gasteiger charge is -2.26. The molecule has 1 aliphatic carbocycles. The summed E-state index contributed by atoms with van der Waals surface area (Å²) in [5, 5.41) is 10.2. The van der Waals surface area contributed by atoms with Crippen LogP contribution in [-0.4, -0.2) is 32.0 Å². The Hall–Kier alpha value is -1.89. The fourth-order valence-electron chi connectivity index (χ4n) is 2.23. The van der Waals surface area contributed by atoms with Crippen LogP contribution in [0.25, 0.3) is 5.65 Å². The van der Waals surface area contributed by atoms with Gasteiger partial charge in [0.2, 0.25) is 5.88 Å². The minimum Gasteiger partial charge on any atom is -0.473 e. The van der Waals surface area contributed by atoms with Crippen LogP contribution in [0.2, 0.25) is 0 Å². The Morgan fingerprint density at radius 1 is 1.33 bits per heavy atom. The van der Waals surface area contributed by atoms with Crippen LogP contribution in [0.4, 0.5) is 0 Å². The van der Waals surface area contributed by atoms with E-state index in [4.69, 9.17) is 10.5 Å². The topological polar surface area (TPSA) is 98.3 Å². The van der Waals surface area contributed by atoms with Gasteiger partial charge in [0.1, 0.15) is 6.10 Å². The first-order valence-corrected chi connectivity index (χ1v) is 6.09. The van der Waals surface area contributed by atoms with Crippen molar-refractivity contribution >= 4 is 5.65 Å². The summed E-state index contributed by atoms with van der Waals surface area (Å²) in [6.45, 7) is 0. The van der Waals surface area contributed by atoms with Gasteiger partial charge in [0.15, 0.2) is 5.65 Å². The molecule has 2 heterocycles.